The van der Waals surface area contributed by atoms with Crippen molar-refractivity contribution < 1.29 is 9.66 Å². The molecule has 3 aromatic rings. The zero-order chi connectivity index (χ0) is 16.4. The van der Waals surface area contributed by atoms with E-state index in [0.717, 1.165) is 11.3 Å². The van der Waals surface area contributed by atoms with Crippen LogP contribution in [0.1, 0.15) is 5.56 Å². The maximum absolute atomic E-state index is 12.5. The number of non-ortho nitro benzene ring substituents is 1. The molecule has 116 valence electrons. The second-order valence-corrected chi connectivity index (χ2v) is 5.09. The van der Waals surface area contributed by atoms with Gasteiger partial charge in [0.2, 0.25) is 0 Å². The van der Waals surface area contributed by atoms with Gasteiger partial charge in [-0.2, -0.15) is 0 Å². The second-order valence-electron chi connectivity index (χ2n) is 5.09. The highest BCUT2D eigenvalue weighted by molar-refractivity contribution is 5.89. The van der Waals surface area contributed by atoms with Crippen molar-refractivity contribution in [1.29, 1.82) is 0 Å². The van der Waals surface area contributed by atoms with Gasteiger partial charge < -0.3 is 9.30 Å². The summed E-state index contributed by atoms with van der Waals surface area (Å²) in [5, 5.41) is 11.7. The molecule has 2 aromatic carbocycles. The van der Waals surface area contributed by atoms with Crippen LogP contribution >= 0.6 is 0 Å². The Bertz CT molecular complexity index is 929. The van der Waals surface area contributed by atoms with Gasteiger partial charge in [0, 0.05) is 12.3 Å². The first-order valence-corrected chi connectivity index (χ1v) is 6.99. The van der Waals surface area contributed by atoms with Gasteiger partial charge in [0.15, 0.2) is 0 Å². The van der Waals surface area contributed by atoms with Crippen LogP contribution in [-0.2, 0) is 6.54 Å². The molecule has 23 heavy (non-hydrogen) atoms. The van der Waals surface area contributed by atoms with Gasteiger partial charge in [0.1, 0.15) is 5.75 Å². The molecule has 0 amide bonds. The number of nitrogens with zero attached hydrogens (tertiary/aromatic N) is 2. The van der Waals surface area contributed by atoms with Crippen molar-refractivity contribution in [3.05, 3.63) is 80.8 Å². The summed E-state index contributed by atoms with van der Waals surface area (Å²) >= 11 is 0. The number of hydrogen-bond acceptors (Lipinski definition) is 4. The van der Waals surface area contributed by atoms with Gasteiger partial charge in [-0.05, 0) is 29.8 Å². The zero-order valence-electron chi connectivity index (χ0n) is 12.4. The fourth-order valence-corrected chi connectivity index (χ4v) is 2.51. The van der Waals surface area contributed by atoms with Crippen molar-refractivity contribution in [1.82, 2.24) is 4.57 Å². The highest BCUT2D eigenvalue weighted by Gasteiger charge is 2.13. The van der Waals surface area contributed by atoms with Crippen molar-refractivity contribution in [3.63, 3.8) is 0 Å². The Kier molecular flexibility index (Phi) is 3.80. The first-order chi connectivity index (χ1) is 11.1. The number of pyridine rings is 1. The van der Waals surface area contributed by atoms with Crippen LogP contribution in [-0.4, -0.2) is 16.6 Å². The lowest BCUT2D eigenvalue weighted by atomic mass is 10.1. The summed E-state index contributed by atoms with van der Waals surface area (Å²) in [6.07, 6.45) is 1.59. The standard InChI is InChI=1S/C17H14N2O4/c1-23-13-7-5-12(6-8-13)11-18-10-9-14-15(17(18)20)3-2-4-16(14)19(21)22/h2-10H,11H2,1H3. The second kappa shape index (κ2) is 5.92. The predicted molar refractivity (Wildman–Crippen MR) is 87.0 cm³/mol. The maximum Gasteiger partial charge on any atom is 0.277 e. The van der Waals surface area contributed by atoms with Crippen LogP contribution in [0.15, 0.2) is 59.5 Å². The van der Waals surface area contributed by atoms with E-state index in [1.54, 1.807) is 25.4 Å². The van der Waals surface area contributed by atoms with Gasteiger partial charge in [0.05, 0.1) is 29.4 Å². The number of fused-ring (bicyclic) bond motifs is 1. The minimum absolute atomic E-state index is 0.0591. The van der Waals surface area contributed by atoms with Crippen LogP contribution < -0.4 is 10.3 Å². The fraction of sp³-hybridized carbons (Fsp3) is 0.118. The highest BCUT2D eigenvalue weighted by Crippen LogP contribution is 2.22. The summed E-state index contributed by atoms with van der Waals surface area (Å²) in [4.78, 5) is 23.1. The Morgan fingerprint density at radius 2 is 1.83 bits per heavy atom. The minimum Gasteiger partial charge on any atom is -0.497 e. The Morgan fingerprint density at radius 3 is 2.48 bits per heavy atom. The molecule has 0 bridgehead atoms. The van der Waals surface area contributed by atoms with Crippen LogP contribution in [0.25, 0.3) is 10.8 Å². The molecule has 0 N–H and O–H groups in total. The first-order valence-electron chi connectivity index (χ1n) is 6.99. The van der Waals surface area contributed by atoms with Crippen molar-refractivity contribution in [2.24, 2.45) is 0 Å². The van der Waals surface area contributed by atoms with E-state index in [1.165, 1.54) is 16.7 Å². The smallest absolute Gasteiger partial charge is 0.277 e. The normalized spacial score (nSPS) is 10.7. The van der Waals surface area contributed by atoms with Crippen molar-refractivity contribution in [2.45, 2.75) is 6.54 Å². The molecule has 0 aliphatic rings. The predicted octanol–water partition coefficient (Wildman–Crippen LogP) is 2.97. The Balaban J connectivity index is 2.03. The van der Waals surface area contributed by atoms with Crippen molar-refractivity contribution >= 4 is 16.5 Å². The van der Waals surface area contributed by atoms with Crippen molar-refractivity contribution in [3.8, 4) is 5.75 Å². The van der Waals surface area contributed by atoms with Crippen LogP contribution in [0.3, 0.4) is 0 Å². The summed E-state index contributed by atoms with van der Waals surface area (Å²) < 4.78 is 6.64. The molecule has 0 aliphatic heterocycles. The third-order valence-corrected chi connectivity index (χ3v) is 3.70. The van der Waals surface area contributed by atoms with Gasteiger partial charge in [-0.1, -0.05) is 18.2 Å². The number of benzene rings is 2. The van der Waals surface area contributed by atoms with E-state index in [2.05, 4.69) is 0 Å². The number of aromatic nitrogens is 1. The molecule has 0 atom stereocenters. The summed E-state index contributed by atoms with van der Waals surface area (Å²) in [6, 6.07) is 13.5. The quantitative estimate of drug-likeness (QED) is 0.548. The average Bonchev–Trinajstić information content (AvgIpc) is 2.57. The Labute approximate surface area is 131 Å². The van der Waals surface area contributed by atoms with Gasteiger partial charge in [0.25, 0.3) is 11.2 Å². The molecule has 1 heterocycles. The van der Waals surface area contributed by atoms with E-state index in [-0.39, 0.29) is 11.2 Å². The molecular formula is C17H14N2O4. The summed E-state index contributed by atoms with van der Waals surface area (Å²) in [6.45, 7) is 0.390. The molecule has 6 heteroatoms. The largest absolute Gasteiger partial charge is 0.497 e. The number of methoxy groups -OCH3 is 1. The van der Waals surface area contributed by atoms with E-state index < -0.39 is 4.92 Å². The SMILES string of the molecule is COc1ccc(Cn2ccc3c([N+](=O)[O-])cccc3c2=O)cc1. The van der Waals surface area contributed by atoms with Crippen LogP contribution in [0, 0.1) is 10.1 Å². The Hall–Kier alpha value is -3.15. The molecule has 0 aliphatic carbocycles. The number of rotatable bonds is 4. The molecule has 0 spiro atoms. The number of ether oxygens (including phenoxy) is 1. The third-order valence-electron chi connectivity index (χ3n) is 3.70. The third kappa shape index (κ3) is 2.78. The molecule has 6 nitrogen and oxygen atoms in total. The van der Waals surface area contributed by atoms with E-state index in [1.807, 2.05) is 24.3 Å². The molecule has 0 radical (unpaired) electrons. The van der Waals surface area contributed by atoms with Crippen LogP contribution in [0.4, 0.5) is 5.69 Å². The summed E-state index contributed by atoms with van der Waals surface area (Å²) in [5.74, 6) is 0.746. The minimum atomic E-state index is -0.477. The van der Waals surface area contributed by atoms with Gasteiger partial charge in [-0.3, -0.25) is 14.9 Å². The highest BCUT2D eigenvalue weighted by atomic mass is 16.6. The van der Waals surface area contributed by atoms with E-state index in [0.29, 0.717) is 17.3 Å². The average molecular weight is 310 g/mol. The fourth-order valence-electron chi connectivity index (χ4n) is 2.51. The number of hydrogen-bond donors (Lipinski definition) is 0. The zero-order valence-corrected chi connectivity index (χ0v) is 12.4. The first kappa shape index (κ1) is 14.8. The van der Waals surface area contributed by atoms with Gasteiger partial charge >= 0.3 is 0 Å². The summed E-state index contributed by atoms with van der Waals surface area (Å²) in [7, 11) is 1.59. The number of nitro benzene ring substituents is 1. The molecule has 0 saturated heterocycles. The lowest BCUT2D eigenvalue weighted by molar-refractivity contribution is -0.383. The monoisotopic (exact) mass is 310 g/mol. The van der Waals surface area contributed by atoms with Gasteiger partial charge in [-0.25, -0.2) is 0 Å². The maximum atomic E-state index is 12.5. The Morgan fingerprint density at radius 1 is 1.09 bits per heavy atom. The number of nitro groups is 1. The summed E-state index contributed by atoms with van der Waals surface area (Å²) in [5.41, 5.74) is 0.635. The lowest BCUT2D eigenvalue weighted by Gasteiger charge is -2.08. The molecule has 3 rings (SSSR count). The van der Waals surface area contributed by atoms with E-state index in [4.69, 9.17) is 4.74 Å². The topological polar surface area (TPSA) is 74.4 Å². The van der Waals surface area contributed by atoms with Crippen molar-refractivity contribution in [2.75, 3.05) is 7.11 Å². The molecule has 0 saturated carbocycles. The lowest BCUT2D eigenvalue weighted by Crippen LogP contribution is -2.20. The molecular weight excluding hydrogens is 296 g/mol. The van der Waals surface area contributed by atoms with Gasteiger partial charge in [-0.15, -0.1) is 0 Å². The molecule has 1 aromatic heterocycles. The van der Waals surface area contributed by atoms with E-state index in [9.17, 15) is 14.9 Å². The van der Waals surface area contributed by atoms with E-state index >= 15 is 0 Å². The molecule has 0 fully saturated rings. The van der Waals surface area contributed by atoms with Crippen LogP contribution in [0.5, 0.6) is 5.75 Å². The molecule has 0 unspecified atom stereocenters. The van der Waals surface area contributed by atoms with Crippen LogP contribution in [0.2, 0.25) is 0 Å².